The fourth-order valence-corrected chi connectivity index (χ4v) is 2.13. The van der Waals surface area contributed by atoms with Crippen molar-refractivity contribution in [3.63, 3.8) is 0 Å². The molecular formula is C11H14N2O6. The predicted octanol–water partition coefficient (Wildman–Crippen LogP) is -2.51. The molecule has 0 unspecified atom stereocenters. The van der Waals surface area contributed by atoms with Gasteiger partial charge >= 0.3 is 5.69 Å². The van der Waals surface area contributed by atoms with Crippen LogP contribution in [0, 0.1) is 0 Å². The van der Waals surface area contributed by atoms with Crippen LogP contribution in [0.15, 0.2) is 34.5 Å². The lowest BCUT2D eigenvalue weighted by molar-refractivity contribution is -0.114. The van der Waals surface area contributed by atoms with Crippen molar-refractivity contribution in [1.29, 1.82) is 0 Å². The molecule has 0 radical (unpaired) electrons. The third-order valence-electron chi connectivity index (χ3n) is 3.14. The van der Waals surface area contributed by atoms with E-state index in [-0.39, 0.29) is 0 Å². The van der Waals surface area contributed by atoms with Crippen LogP contribution in [0.5, 0.6) is 0 Å². The van der Waals surface area contributed by atoms with Crippen LogP contribution >= 0.6 is 0 Å². The van der Waals surface area contributed by atoms with Gasteiger partial charge in [-0.1, -0.05) is 6.58 Å². The number of H-pyrrole nitrogens is 1. The second-order valence-electron chi connectivity index (χ2n) is 4.21. The van der Waals surface area contributed by atoms with E-state index in [0.717, 1.165) is 22.9 Å². The number of aromatic amines is 1. The average molecular weight is 270 g/mol. The zero-order valence-corrected chi connectivity index (χ0v) is 9.89. The molecule has 4 atom stereocenters. The number of hydrogen-bond donors (Lipinski definition) is 4. The van der Waals surface area contributed by atoms with Crippen LogP contribution in [0.4, 0.5) is 0 Å². The number of rotatable bonds is 3. The number of ether oxygens (including phenoxy) is 1. The molecule has 0 saturated carbocycles. The SMILES string of the molecule is C=C[C@]1(n2ccc(=O)[nH]c2=O)O[C@H](CO)[C@@H](O)[C@H]1O. The normalized spacial score (nSPS) is 34.4. The van der Waals surface area contributed by atoms with E-state index in [9.17, 15) is 19.8 Å². The third kappa shape index (κ3) is 1.94. The Balaban J connectivity index is 2.58. The summed E-state index contributed by atoms with van der Waals surface area (Å²) < 4.78 is 6.26. The van der Waals surface area contributed by atoms with Crippen molar-refractivity contribution in [2.75, 3.05) is 6.61 Å². The summed E-state index contributed by atoms with van der Waals surface area (Å²) in [5, 5.41) is 28.9. The van der Waals surface area contributed by atoms with E-state index in [0.29, 0.717) is 0 Å². The van der Waals surface area contributed by atoms with Crippen molar-refractivity contribution in [2.24, 2.45) is 0 Å². The summed E-state index contributed by atoms with van der Waals surface area (Å²) in [6, 6.07) is 1.07. The van der Waals surface area contributed by atoms with Gasteiger partial charge in [-0.3, -0.25) is 14.3 Å². The lowest BCUT2D eigenvalue weighted by atomic mass is 10.0. The van der Waals surface area contributed by atoms with E-state index >= 15 is 0 Å². The lowest BCUT2D eigenvalue weighted by Crippen LogP contribution is -2.50. The zero-order chi connectivity index (χ0) is 14.2. The smallest absolute Gasteiger partial charge is 0.331 e. The van der Waals surface area contributed by atoms with Crippen LogP contribution in [0.3, 0.4) is 0 Å². The highest BCUT2D eigenvalue weighted by atomic mass is 16.6. The molecule has 1 aliphatic heterocycles. The van der Waals surface area contributed by atoms with Gasteiger partial charge in [-0.15, -0.1) is 0 Å². The molecule has 0 aliphatic carbocycles. The molecule has 1 fully saturated rings. The van der Waals surface area contributed by atoms with Gasteiger partial charge < -0.3 is 20.1 Å². The number of aliphatic hydroxyl groups is 3. The van der Waals surface area contributed by atoms with Gasteiger partial charge in [0.25, 0.3) is 5.56 Å². The summed E-state index contributed by atoms with van der Waals surface area (Å²) in [4.78, 5) is 24.8. The number of nitrogens with one attached hydrogen (secondary N) is 1. The van der Waals surface area contributed by atoms with Crippen molar-refractivity contribution in [2.45, 2.75) is 24.0 Å². The van der Waals surface area contributed by atoms with Gasteiger partial charge in [0.05, 0.1) is 6.61 Å². The second-order valence-corrected chi connectivity index (χ2v) is 4.21. The Morgan fingerprint density at radius 1 is 1.53 bits per heavy atom. The van der Waals surface area contributed by atoms with E-state index in [1.807, 2.05) is 4.98 Å². The van der Waals surface area contributed by atoms with Crippen molar-refractivity contribution < 1.29 is 20.1 Å². The Morgan fingerprint density at radius 2 is 2.21 bits per heavy atom. The standard InChI is InChI=1S/C11H14N2O6/c1-2-11(9(17)8(16)6(5-14)19-11)13-4-3-7(15)12-10(13)18/h2-4,6,8-9,14,16-17H,1,5H2,(H,12,15,18)/t6-,8-,9-,11+/m1/s1. The molecule has 2 heterocycles. The second kappa shape index (κ2) is 4.74. The largest absolute Gasteiger partial charge is 0.394 e. The van der Waals surface area contributed by atoms with E-state index < -0.39 is 41.9 Å². The summed E-state index contributed by atoms with van der Waals surface area (Å²) in [5.74, 6) is 0. The van der Waals surface area contributed by atoms with Crippen LogP contribution in [-0.2, 0) is 10.5 Å². The highest BCUT2D eigenvalue weighted by Crippen LogP contribution is 2.35. The molecule has 1 saturated heterocycles. The molecule has 8 nitrogen and oxygen atoms in total. The van der Waals surface area contributed by atoms with Crippen molar-refractivity contribution in [1.82, 2.24) is 9.55 Å². The van der Waals surface area contributed by atoms with Crippen LogP contribution in [0.2, 0.25) is 0 Å². The van der Waals surface area contributed by atoms with E-state index in [1.54, 1.807) is 0 Å². The van der Waals surface area contributed by atoms with E-state index in [1.165, 1.54) is 0 Å². The maximum atomic E-state index is 11.8. The van der Waals surface area contributed by atoms with Gasteiger partial charge in [0.15, 0.2) is 5.72 Å². The molecule has 0 amide bonds. The van der Waals surface area contributed by atoms with E-state index in [2.05, 4.69) is 6.58 Å². The molecule has 1 aliphatic rings. The Hall–Kier alpha value is -1.74. The summed E-state index contributed by atoms with van der Waals surface area (Å²) in [7, 11) is 0. The summed E-state index contributed by atoms with van der Waals surface area (Å²) in [5.41, 5.74) is -3.17. The van der Waals surface area contributed by atoms with Gasteiger partial charge in [-0.05, 0) is 6.08 Å². The minimum Gasteiger partial charge on any atom is -0.394 e. The Morgan fingerprint density at radius 3 is 2.68 bits per heavy atom. The van der Waals surface area contributed by atoms with Crippen molar-refractivity contribution >= 4 is 0 Å². The zero-order valence-electron chi connectivity index (χ0n) is 9.89. The first kappa shape index (κ1) is 13.7. The summed E-state index contributed by atoms with van der Waals surface area (Å²) >= 11 is 0. The molecule has 1 aromatic heterocycles. The van der Waals surface area contributed by atoms with Gasteiger partial charge in [0, 0.05) is 12.3 Å². The lowest BCUT2D eigenvalue weighted by Gasteiger charge is -2.30. The maximum absolute atomic E-state index is 11.8. The molecule has 0 bridgehead atoms. The summed E-state index contributed by atoms with van der Waals surface area (Å²) in [6.45, 7) is 2.94. The van der Waals surface area contributed by atoms with Crippen LogP contribution in [0.25, 0.3) is 0 Å². The van der Waals surface area contributed by atoms with Crippen LogP contribution in [-0.4, -0.2) is 49.8 Å². The number of aliphatic hydroxyl groups excluding tert-OH is 3. The quantitative estimate of drug-likeness (QED) is 0.450. The van der Waals surface area contributed by atoms with Crippen LogP contribution < -0.4 is 11.2 Å². The Kier molecular flexibility index (Phi) is 3.42. The van der Waals surface area contributed by atoms with Gasteiger partial charge in [0.2, 0.25) is 0 Å². The first-order chi connectivity index (χ1) is 8.96. The number of aromatic nitrogens is 2. The maximum Gasteiger partial charge on any atom is 0.331 e. The average Bonchev–Trinajstić information content (AvgIpc) is 2.64. The molecular weight excluding hydrogens is 256 g/mol. The topological polar surface area (TPSA) is 125 Å². The molecule has 2 rings (SSSR count). The molecule has 104 valence electrons. The predicted molar refractivity (Wildman–Crippen MR) is 63.5 cm³/mol. The fraction of sp³-hybridized carbons (Fsp3) is 0.455. The molecule has 0 spiro atoms. The molecule has 4 N–H and O–H groups in total. The fourth-order valence-electron chi connectivity index (χ4n) is 2.13. The minimum absolute atomic E-state index is 0.536. The van der Waals surface area contributed by atoms with Crippen molar-refractivity contribution in [3.05, 3.63) is 45.8 Å². The first-order valence-corrected chi connectivity index (χ1v) is 5.57. The van der Waals surface area contributed by atoms with Crippen LogP contribution in [0.1, 0.15) is 0 Å². The van der Waals surface area contributed by atoms with E-state index in [4.69, 9.17) is 9.84 Å². The molecule has 1 aromatic rings. The molecule has 8 heteroatoms. The van der Waals surface area contributed by atoms with Gasteiger partial charge in [-0.2, -0.15) is 0 Å². The van der Waals surface area contributed by atoms with Crippen molar-refractivity contribution in [3.8, 4) is 0 Å². The first-order valence-electron chi connectivity index (χ1n) is 5.57. The Bertz CT molecular complexity index is 593. The minimum atomic E-state index is -1.74. The summed E-state index contributed by atoms with van der Waals surface area (Å²) in [6.07, 6.45) is -1.70. The number of nitrogens with zero attached hydrogens (tertiary/aromatic N) is 1. The Labute approximate surface area is 107 Å². The monoisotopic (exact) mass is 270 g/mol. The molecule has 19 heavy (non-hydrogen) atoms. The highest BCUT2D eigenvalue weighted by Gasteiger charge is 2.54. The van der Waals surface area contributed by atoms with Gasteiger partial charge in [0.1, 0.15) is 18.3 Å². The highest BCUT2D eigenvalue weighted by molar-refractivity contribution is 5.09. The molecule has 0 aromatic carbocycles. The third-order valence-corrected chi connectivity index (χ3v) is 3.14. The number of hydrogen-bond acceptors (Lipinski definition) is 6. The van der Waals surface area contributed by atoms with Gasteiger partial charge in [-0.25, -0.2) is 4.79 Å².